The zero-order valence-corrected chi connectivity index (χ0v) is 22.2. The number of hydrogen-bond acceptors (Lipinski definition) is 5. The van der Waals surface area contributed by atoms with Gasteiger partial charge in [0.1, 0.15) is 17.2 Å². The Morgan fingerprint density at radius 3 is 2.25 bits per heavy atom. The summed E-state index contributed by atoms with van der Waals surface area (Å²) in [5, 5.41) is 4.26. The number of benzene rings is 3. The van der Waals surface area contributed by atoms with Gasteiger partial charge in [0.05, 0.1) is 32.3 Å². The average Bonchev–Trinajstić information content (AvgIpc) is 3.39. The molecular weight excluding hydrogens is 517 g/mol. The van der Waals surface area contributed by atoms with Crippen molar-refractivity contribution < 1.29 is 14.3 Å². The molecule has 1 N–H and O–H groups in total. The van der Waals surface area contributed by atoms with Crippen molar-refractivity contribution in [2.24, 2.45) is 0 Å². The van der Waals surface area contributed by atoms with Crippen molar-refractivity contribution in [3.63, 3.8) is 0 Å². The number of rotatable bonds is 10. The summed E-state index contributed by atoms with van der Waals surface area (Å²) in [6, 6.07) is 18.9. The molecule has 0 aliphatic rings. The standard InChI is InChI=1S/C27H25Cl2N3O3S/c1-34-24-7-4-8-25(35-2)26(24)18-9-11-19(12-10-18)32-17-30-15-23(32)27(33)31-13-14-36-16-20-21(28)5-3-6-22(20)29/h3-12,15,17H,13-14,16H2,1-2H3,(H,31,33). The van der Waals surface area contributed by atoms with E-state index in [1.165, 1.54) is 0 Å². The van der Waals surface area contributed by atoms with Gasteiger partial charge in [-0.05, 0) is 47.5 Å². The fraction of sp³-hybridized carbons (Fsp3) is 0.185. The Morgan fingerprint density at radius 1 is 0.972 bits per heavy atom. The Labute approximate surface area is 224 Å². The topological polar surface area (TPSA) is 65.4 Å². The molecule has 9 heteroatoms. The summed E-state index contributed by atoms with van der Waals surface area (Å²) in [5.74, 6) is 2.64. The lowest BCUT2D eigenvalue weighted by atomic mass is 10.0. The van der Waals surface area contributed by atoms with Gasteiger partial charge in [-0.1, -0.05) is 47.5 Å². The zero-order valence-electron chi connectivity index (χ0n) is 19.8. The highest BCUT2D eigenvalue weighted by Crippen LogP contribution is 2.38. The Morgan fingerprint density at radius 2 is 1.61 bits per heavy atom. The van der Waals surface area contributed by atoms with E-state index in [1.807, 2.05) is 60.7 Å². The van der Waals surface area contributed by atoms with E-state index in [0.29, 0.717) is 28.0 Å². The average molecular weight is 542 g/mol. The molecule has 4 aromatic rings. The molecule has 3 aromatic carbocycles. The normalized spacial score (nSPS) is 10.8. The van der Waals surface area contributed by atoms with Gasteiger partial charge in [0, 0.05) is 33.8 Å². The molecule has 186 valence electrons. The number of aromatic nitrogens is 2. The number of nitrogens with one attached hydrogen (secondary N) is 1. The smallest absolute Gasteiger partial charge is 0.269 e. The first-order chi connectivity index (χ1) is 17.5. The largest absolute Gasteiger partial charge is 0.496 e. The van der Waals surface area contributed by atoms with Crippen LogP contribution in [0.4, 0.5) is 0 Å². The molecule has 0 saturated heterocycles. The third kappa shape index (κ3) is 5.81. The second kappa shape index (κ2) is 12.2. The van der Waals surface area contributed by atoms with Gasteiger partial charge in [-0.2, -0.15) is 11.8 Å². The molecule has 4 rings (SSSR count). The zero-order chi connectivity index (χ0) is 25.5. The number of carbonyl (C=O) groups is 1. The lowest BCUT2D eigenvalue weighted by Gasteiger charge is -2.14. The number of halogens is 2. The van der Waals surface area contributed by atoms with Crippen molar-refractivity contribution >= 4 is 40.9 Å². The lowest BCUT2D eigenvalue weighted by molar-refractivity contribution is 0.0949. The van der Waals surface area contributed by atoms with E-state index < -0.39 is 0 Å². The molecule has 0 saturated carbocycles. The molecule has 1 heterocycles. The van der Waals surface area contributed by atoms with Gasteiger partial charge in [-0.25, -0.2) is 4.98 Å². The molecule has 0 aliphatic carbocycles. The Kier molecular flexibility index (Phi) is 8.80. The SMILES string of the molecule is COc1cccc(OC)c1-c1ccc(-n2cncc2C(=O)NCCSCc2c(Cl)cccc2Cl)cc1. The van der Waals surface area contributed by atoms with Gasteiger partial charge >= 0.3 is 0 Å². The summed E-state index contributed by atoms with van der Waals surface area (Å²) < 4.78 is 12.8. The van der Waals surface area contributed by atoms with Gasteiger partial charge in [-0.3, -0.25) is 9.36 Å². The highest BCUT2D eigenvalue weighted by molar-refractivity contribution is 7.98. The second-order valence-electron chi connectivity index (χ2n) is 7.74. The molecule has 0 bridgehead atoms. The maximum Gasteiger partial charge on any atom is 0.269 e. The third-order valence-electron chi connectivity index (χ3n) is 5.57. The molecule has 36 heavy (non-hydrogen) atoms. The van der Waals surface area contributed by atoms with E-state index in [0.717, 1.165) is 39.6 Å². The maximum absolute atomic E-state index is 12.8. The fourth-order valence-corrected chi connectivity index (χ4v) is 5.36. The summed E-state index contributed by atoms with van der Waals surface area (Å²) in [5.41, 5.74) is 3.99. The number of methoxy groups -OCH3 is 2. The van der Waals surface area contributed by atoms with Gasteiger partial charge in [0.2, 0.25) is 0 Å². The molecule has 0 unspecified atom stereocenters. The van der Waals surface area contributed by atoms with Crippen LogP contribution < -0.4 is 14.8 Å². The minimum Gasteiger partial charge on any atom is -0.496 e. The van der Waals surface area contributed by atoms with Crippen LogP contribution in [0.3, 0.4) is 0 Å². The predicted octanol–water partition coefficient (Wildman–Crippen LogP) is 6.53. The predicted molar refractivity (Wildman–Crippen MR) is 147 cm³/mol. The minimum absolute atomic E-state index is 0.195. The first-order valence-corrected chi connectivity index (χ1v) is 13.1. The molecule has 0 fully saturated rings. The van der Waals surface area contributed by atoms with Crippen molar-refractivity contribution in [3.05, 3.63) is 94.5 Å². The minimum atomic E-state index is -0.195. The quantitative estimate of drug-likeness (QED) is 0.231. The van der Waals surface area contributed by atoms with E-state index in [1.54, 1.807) is 43.1 Å². The number of nitrogens with zero attached hydrogens (tertiary/aromatic N) is 2. The highest BCUT2D eigenvalue weighted by atomic mass is 35.5. The summed E-state index contributed by atoms with van der Waals surface area (Å²) in [7, 11) is 3.26. The number of hydrogen-bond donors (Lipinski definition) is 1. The summed E-state index contributed by atoms with van der Waals surface area (Å²) in [6.45, 7) is 0.503. The molecule has 0 aliphatic heterocycles. The van der Waals surface area contributed by atoms with Crippen LogP contribution in [0, 0.1) is 0 Å². The van der Waals surface area contributed by atoms with Crippen LogP contribution in [0.2, 0.25) is 10.0 Å². The van der Waals surface area contributed by atoms with Crippen molar-refractivity contribution in [2.75, 3.05) is 26.5 Å². The van der Waals surface area contributed by atoms with Gasteiger partial charge < -0.3 is 14.8 Å². The van der Waals surface area contributed by atoms with E-state index >= 15 is 0 Å². The van der Waals surface area contributed by atoms with Gasteiger partial charge in [0.15, 0.2) is 0 Å². The third-order valence-corrected chi connectivity index (χ3v) is 7.27. The van der Waals surface area contributed by atoms with Gasteiger partial charge in [0.25, 0.3) is 5.91 Å². The first-order valence-electron chi connectivity index (χ1n) is 11.2. The summed E-state index contributed by atoms with van der Waals surface area (Å²) in [6.07, 6.45) is 3.19. The Bertz CT molecular complexity index is 1300. The monoisotopic (exact) mass is 541 g/mol. The van der Waals surface area contributed by atoms with E-state index in [4.69, 9.17) is 32.7 Å². The second-order valence-corrected chi connectivity index (χ2v) is 9.66. The Balaban J connectivity index is 1.40. The molecule has 1 amide bonds. The molecular formula is C27H25Cl2N3O3S. The molecule has 6 nitrogen and oxygen atoms in total. The number of amides is 1. The van der Waals surface area contributed by atoms with Gasteiger partial charge in [-0.15, -0.1) is 0 Å². The molecule has 0 atom stereocenters. The number of imidazole rings is 1. The number of ether oxygens (including phenoxy) is 2. The summed E-state index contributed by atoms with van der Waals surface area (Å²) >= 11 is 14.1. The number of carbonyl (C=O) groups excluding carboxylic acids is 1. The van der Waals surface area contributed by atoms with Crippen LogP contribution in [0.15, 0.2) is 73.2 Å². The van der Waals surface area contributed by atoms with Crippen LogP contribution in [0.1, 0.15) is 16.1 Å². The van der Waals surface area contributed by atoms with E-state index in [2.05, 4.69) is 10.3 Å². The molecule has 1 aromatic heterocycles. The van der Waals surface area contributed by atoms with Crippen molar-refractivity contribution in [1.82, 2.24) is 14.9 Å². The fourth-order valence-electron chi connectivity index (χ4n) is 3.76. The lowest BCUT2D eigenvalue weighted by Crippen LogP contribution is -2.27. The molecule has 0 radical (unpaired) electrons. The van der Waals surface area contributed by atoms with Crippen molar-refractivity contribution in [3.8, 4) is 28.3 Å². The van der Waals surface area contributed by atoms with Crippen LogP contribution in [0.5, 0.6) is 11.5 Å². The van der Waals surface area contributed by atoms with Crippen molar-refractivity contribution in [2.45, 2.75) is 5.75 Å². The van der Waals surface area contributed by atoms with Crippen LogP contribution in [-0.4, -0.2) is 42.0 Å². The Hall–Kier alpha value is -3.13. The van der Waals surface area contributed by atoms with E-state index in [-0.39, 0.29) is 5.91 Å². The number of thioether (sulfide) groups is 1. The van der Waals surface area contributed by atoms with Crippen molar-refractivity contribution in [1.29, 1.82) is 0 Å². The van der Waals surface area contributed by atoms with Crippen LogP contribution in [0.25, 0.3) is 16.8 Å². The maximum atomic E-state index is 12.8. The summed E-state index contributed by atoms with van der Waals surface area (Å²) in [4.78, 5) is 17.0. The van der Waals surface area contributed by atoms with Crippen LogP contribution >= 0.6 is 35.0 Å². The van der Waals surface area contributed by atoms with E-state index in [9.17, 15) is 4.79 Å². The van der Waals surface area contributed by atoms with Crippen LogP contribution in [-0.2, 0) is 5.75 Å². The highest BCUT2D eigenvalue weighted by Gasteiger charge is 2.15. The molecule has 0 spiro atoms. The first kappa shape index (κ1) is 25.9.